The maximum atomic E-state index is 12.4. The fourth-order valence-corrected chi connectivity index (χ4v) is 3.85. The Morgan fingerprint density at radius 3 is 2.53 bits per heavy atom. The average molecular weight is 448 g/mol. The Morgan fingerprint density at radius 2 is 1.77 bits per heavy atom. The van der Waals surface area contributed by atoms with E-state index in [1.165, 1.54) is 0 Å². The second kappa shape index (κ2) is 9.66. The zero-order valence-corrected chi connectivity index (χ0v) is 17.9. The highest BCUT2D eigenvalue weighted by Crippen LogP contribution is 2.23. The van der Waals surface area contributed by atoms with Crippen LogP contribution in [-0.2, 0) is 11.3 Å². The van der Waals surface area contributed by atoms with E-state index < -0.39 is 0 Å². The lowest BCUT2D eigenvalue weighted by atomic mass is 10.0. The molecule has 1 unspecified atom stereocenters. The summed E-state index contributed by atoms with van der Waals surface area (Å²) in [6.45, 7) is 3.83. The molecule has 158 valence electrons. The Hall–Kier alpha value is -2.32. The van der Waals surface area contributed by atoms with Crippen molar-refractivity contribution in [2.24, 2.45) is 0 Å². The first-order valence-corrected chi connectivity index (χ1v) is 10.6. The molecule has 1 atom stereocenters. The summed E-state index contributed by atoms with van der Waals surface area (Å²) in [5, 5.41) is 7.18. The van der Waals surface area contributed by atoms with Crippen LogP contribution in [0.4, 0.5) is 4.79 Å². The van der Waals surface area contributed by atoms with Crippen molar-refractivity contribution >= 4 is 34.9 Å². The molecule has 2 amide bonds. The van der Waals surface area contributed by atoms with E-state index in [1.807, 2.05) is 40.9 Å². The monoisotopic (exact) mass is 447 g/mol. The molecule has 2 N–H and O–H groups in total. The number of halogens is 2. The SMILES string of the molecule is O=C(NCc1cn2cc(Cl)ccc2n1)NCC(c1ccc(Cl)cc1)N1CCOCC1. The number of hydrogen-bond acceptors (Lipinski definition) is 4. The topological polar surface area (TPSA) is 70.9 Å². The normalized spacial score (nSPS) is 15.8. The van der Waals surface area contributed by atoms with Crippen LogP contribution in [0.3, 0.4) is 0 Å². The van der Waals surface area contributed by atoms with E-state index in [2.05, 4.69) is 20.5 Å². The molecular weight excluding hydrogens is 425 g/mol. The number of amides is 2. The maximum absolute atomic E-state index is 12.4. The molecule has 3 aromatic rings. The van der Waals surface area contributed by atoms with Crippen LogP contribution in [0, 0.1) is 0 Å². The zero-order valence-electron chi connectivity index (χ0n) is 16.4. The highest BCUT2D eigenvalue weighted by molar-refractivity contribution is 6.30. The molecule has 3 heterocycles. The molecule has 0 radical (unpaired) electrons. The van der Waals surface area contributed by atoms with Gasteiger partial charge in [-0.2, -0.15) is 0 Å². The van der Waals surface area contributed by atoms with Crippen LogP contribution in [0.1, 0.15) is 17.3 Å². The second-order valence-corrected chi connectivity index (χ2v) is 8.00. The molecule has 1 aliphatic rings. The van der Waals surface area contributed by atoms with Crippen molar-refractivity contribution in [3.05, 3.63) is 70.1 Å². The Morgan fingerprint density at radius 1 is 1.03 bits per heavy atom. The summed E-state index contributed by atoms with van der Waals surface area (Å²) in [6, 6.07) is 11.2. The van der Waals surface area contributed by atoms with E-state index in [9.17, 15) is 4.79 Å². The lowest BCUT2D eigenvalue weighted by Crippen LogP contribution is -2.45. The van der Waals surface area contributed by atoms with Gasteiger partial charge in [0.05, 0.1) is 36.5 Å². The van der Waals surface area contributed by atoms with E-state index in [4.69, 9.17) is 27.9 Å². The predicted octanol–water partition coefficient (Wildman–Crippen LogP) is 3.51. The first-order valence-electron chi connectivity index (χ1n) is 9.80. The molecule has 0 spiro atoms. The highest BCUT2D eigenvalue weighted by atomic mass is 35.5. The van der Waals surface area contributed by atoms with Crippen molar-refractivity contribution < 1.29 is 9.53 Å². The molecule has 2 aromatic heterocycles. The van der Waals surface area contributed by atoms with E-state index in [1.54, 1.807) is 12.3 Å². The summed E-state index contributed by atoms with van der Waals surface area (Å²) >= 11 is 12.0. The summed E-state index contributed by atoms with van der Waals surface area (Å²) in [4.78, 5) is 19.2. The van der Waals surface area contributed by atoms with Gasteiger partial charge in [-0.25, -0.2) is 9.78 Å². The van der Waals surface area contributed by atoms with Crippen LogP contribution in [-0.4, -0.2) is 53.2 Å². The van der Waals surface area contributed by atoms with Crippen molar-refractivity contribution in [2.45, 2.75) is 12.6 Å². The molecule has 0 aliphatic carbocycles. The standard InChI is InChI=1S/C21H23Cl2N5O2/c22-16-3-1-15(2-4-16)19(27-7-9-30-10-8-27)12-25-21(29)24-11-18-14-28-13-17(23)5-6-20(28)26-18/h1-6,13-14,19H,7-12H2,(H2,24,25,29). The third-order valence-corrected chi connectivity index (χ3v) is 5.57. The van der Waals surface area contributed by atoms with Gasteiger partial charge in [-0.05, 0) is 29.8 Å². The second-order valence-electron chi connectivity index (χ2n) is 7.12. The number of morpholine rings is 1. The van der Waals surface area contributed by atoms with Crippen LogP contribution < -0.4 is 10.6 Å². The zero-order chi connectivity index (χ0) is 20.9. The molecular formula is C21H23Cl2N5O2. The molecule has 0 bridgehead atoms. The van der Waals surface area contributed by atoms with E-state index in [-0.39, 0.29) is 12.1 Å². The number of nitrogens with one attached hydrogen (secondary N) is 2. The minimum Gasteiger partial charge on any atom is -0.379 e. The lowest BCUT2D eigenvalue weighted by molar-refractivity contribution is 0.0167. The average Bonchev–Trinajstić information content (AvgIpc) is 3.16. The summed E-state index contributed by atoms with van der Waals surface area (Å²) in [5.74, 6) is 0. The van der Waals surface area contributed by atoms with Gasteiger partial charge in [-0.3, -0.25) is 4.90 Å². The number of ether oxygens (including phenoxy) is 1. The molecule has 4 rings (SSSR count). The first kappa shape index (κ1) is 20.9. The van der Waals surface area contributed by atoms with Gasteiger partial charge in [0, 0.05) is 37.1 Å². The van der Waals surface area contributed by atoms with Crippen molar-refractivity contribution in [1.82, 2.24) is 24.9 Å². The number of fused-ring (bicyclic) bond motifs is 1. The van der Waals surface area contributed by atoms with Crippen LogP contribution in [0.2, 0.25) is 10.0 Å². The summed E-state index contributed by atoms with van der Waals surface area (Å²) < 4.78 is 7.31. The van der Waals surface area contributed by atoms with Gasteiger partial charge < -0.3 is 19.8 Å². The van der Waals surface area contributed by atoms with Crippen molar-refractivity contribution in [3.63, 3.8) is 0 Å². The largest absolute Gasteiger partial charge is 0.379 e. The third-order valence-electron chi connectivity index (χ3n) is 5.09. The highest BCUT2D eigenvalue weighted by Gasteiger charge is 2.23. The lowest BCUT2D eigenvalue weighted by Gasteiger charge is -2.35. The van der Waals surface area contributed by atoms with Gasteiger partial charge in [0.25, 0.3) is 0 Å². The smallest absolute Gasteiger partial charge is 0.315 e. The van der Waals surface area contributed by atoms with Gasteiger partial charge in [-0.15, -0.1) is 0 Å². The molecule has 1 aromatic carbocycles. The van der Waals surface area contributed by atoms with E-state index in [0.717, 1.165) is 30.0 Å². The Labute approximate surface area is 184 Å². The fourth-order valence-electron chi connectivity index (χ4n) is 3.56. The maximum Gasteiger partial charge on any atom is 0.315 e. The minimum atomic E-state index is -0.239. The fraction of sp³-hybridized carbons (Fsp3) is 0.333. The van der Waals surface area contributed by atoms with Crippen LogP contribution >= 0.6 is 23.2 Å². The van der Waals surface area contributed by atoms with Gasteiger partial charge in [0.15, 0.2) is 0 Å². The molecule has 7 nitrogen and oxygen atoms in total. The third kappa shape index (κ3) is 5.23. The van der Waals surface area contributed by atoms with Gasteiger partial charge in [0.1, 0.15) is 5.65 Å². The predicted molar refractivity (Wildman–Crippen MR) is 117 cm³/mol. The van der Waals surface area contributed by atoms with E-state index >= 15 is 0 Å². The van der Waals surface area contributed by atoms with Crippen molar-refractivity contribution in [3.8, 4) is 0 Å². The van der Waals surface area contributed by atoms with E-state index in [0.29, 0.717) is 36.3 Å². The Balaban J connectivity index is 1.36. The quantitative estimate of drug-likeness (QED) is 0.606. The number of rotatable bonds is 6. The molecule has 1 saturated heterocycles. The number of aromatic nitrogens is 2. The Bertz CT molecular complexity index is 1000. The van der Waals surface area contributed by atoms with Gasteiger partial charge in [-0.1, -0.05) is 35.3 Å². The van der Waals surface area contributed by atoms with Crippen LogP contribution in [0.5, 0.6) is 0 Å². The number of benzene rings is 1. The van der Waals surface area contributed by atoms with Crippen LogP contribution in [0.15, 0.2) is 48.8 Å². The molecule has 1 aliphatic heterocycles. The summed E-state index contributed by atoms with van der Waals surface area (Å²) in [7, 11) is 0. The van der Waals surface area contributed by atoms with Crippen LogP contribution in [0.25, 0.3) is 5.65 Å². The number of nitrogens with zero attached hydrogens (tertiary/aromatic N) is 3. The van der Waals surface area contributed by atoms with Crippen molar-refractivity contribution in [2.75, 3.05) is 32.8 Å². The summed E-state index contributed by atoms with van der Waals surface area (Å²) in [6.07, 6.45) is 3.64. The summed E-state index contributed by atoms with van der Waals surface area (Å²) in [5.41, 5.74) is 2.65. The van der Waals surface area contributed by atoms with Crippen molar-refractivity contribution in [1.29, 1.82) is 0 Å². The van der Waals surface area contributed by atoms with Gasteiger partial charge >= 0.3 is 6.03 Å². The minimum absolute atomic E-state index is 0.0502. The molecule has 30 heavy (non-hydrogen) atoms. The number of pyridine rings is 1. The number of hydrogen-bond donors (Lipinski definition) is 2. The van der Waals surface area contributed by atoms with Gasteiger partial charge in [0.2, 0.25) is 0 Å². The number of imidazole rings is 1. The molecule has 1 fully saturated rings. The number of carbonyl (C=O) groups is 1. The molecule has 0 saturated carbocycles. The Kier molecular flexibility index (Phi) is 6.74. The molecule has 9 heteroatoms. The number of carbonyl (C=O) groups excluding carboxylic acids is 1. The first-order chi connectivity index (χ1) is 14.6. The number of urea groups is 1.